The molecule has 1 aromatic rings. The number of sulfonamides is 1. The van der Waals surface area contributed by atoms with Crippen LogP contribution in [0.15, 0.2) is 23.1 Å². The highest BCUT2D eigenvalue weighted by Crippen LogP contribution is 2.31. The minimum Gasteiger partial charge on any atom is -0.495 e. The van der Waals surface area contributed by atoms with Crippen molar-refractivity contribution in [2.75, 3.05) is 25.5 Å². The quantitative estimate of drug-likeness (QED) is 0.714. The number of nitrogens with zero attached hydrogens (tertiary/aromatic N) is 1. The van der Waals surface area contributed by atoms with E-state index in [2.05, 4.69) is 10.6 Å². The molecule has 2 amide bonds. The molecule has 1 aliphatic rings. The molecule has 1 fully saturated rings. The van der Waals surface area contributed by atoms with Crippen LogP contribution in [0.4, 0.5) is 5.69 Å². The van der Waals surface area contributed by atoms with Crippen molar-refractivity contribution in [2.24, 2.45) is 5.92 Å². The standard InChI is InChI=1S/C19H29N3O5S/c1-13(2)18(20-14(3)23)19(24)21-15-8-9-16(27-4)17(12-15)28(25,26)22-10-6-5-7-11-22/h8-9,12-13,18H,5-7,10-11H2,1-4H3,(H,20,23)(H,21,24)/t18-/m0/s1. The van der Waals surface area contributed by atoms with Crippen molar-refractivity contribution in [1.29, 1.82) is 0 Å². The van der Waals surface area contributed by atoms with E-state index in [4.69, 9.17) is 4.74 Å². The van der Waals surface area contributed by atoms with Crippen molar-refractivity contribution >= 4 is 27.5 Å². The minimum atomic E-state index is -3.73. The van der Waals surface area contributed by atoms with Gasteiger partial charge in [-0.25, -0.2) is 8.42 Å². The molecule has 9 heteroatoms. The van der Waals surface area contributed by atoms with E-state index in [0.29, 0.717) is 18.8 Å². The summed E-state index contributed by atoms with van der Waals surface area (Å²) in [6.45, 7) is 5.93. The lowest BCUT2D eigenvalue weighted by Crippen LogP contribution is -2.46. The lowest BCUT2D eigenvalue weighted by molar-refractivity contribution is -0.126. The van der Waals surface area contributed by atoms with Gasteiger partial charge in [0.05, 0.1) is 7.11 Å². The predicted molar refractivity (Wildman–Crippen MR) is 107 cm³/mol. The number of anilines is 1. The van der Waals surface area contributed by atoms with Crippen molar-refractivity contribution in [1.82, 2.24) is 9.62 Å². The third-order valence-corrected chi connectivity index (χ3v) is 6.59. The SMILES string of the molecule is COc1ccc(NC(=O)[C@@H](NC(C)=O)C(C)C)cc1S(=O)(=O)N1CCCCC1. The number of piperidine rings is 1. The maximum Gasteiger partial charge on any atom is 0.247 e. The molecule has 1 aliphatic heterocycles. The van der Waals surface area contributed by atoms with Crippen LogP contribution in [0.2, 0.25) is 0 Å². The summed E-state index contributed by atoms with van der Waals surface area (Å²) in [6, 6.07) is 3.79. The van der Waals surface area contributed by atoms with Crippen LogP contribution >= 0.6 is 0 Å². The Morgan fingerprint density at radius 3 is 2.32 bits per heavy atom. The summed E-state index contributed by atoms with van der Waals surface area (Å²) in [5.41, 5.74) is 0.331. The molecule has 1 atom stereocenters. The molecule has 1 heterocycles. The smallest absolute Gasteiger partial charge is 0.247 e. The van der Waals surface area contributed by atoms with E-state index in [1.807, 2.05) is 13.8 Å². The molecule has 0 aliphatic carbocycles. The maximum absolute atomic E-state index is 13.1. The fourth-order valence-corrected chi connectivity index (χ4v) is 4.87. The van der Waals surface area contributed by atoms with E-state index in [1.165, 1.54) is 30.5 Å². The second-order valence-corrected chi connectivity index (χ2v) is 9.15. The van der Waals surface area contributed by atoms with E-state index in [-0.39, 0.29) is 22.5 Å². The van der Waals surface area contributed by atoms with Gasteiger partial charge in [-0.05, 0) is 37.0 Å². The third kappa shape index (κ3) is 5.23. The maximum atomic E-state index is 13.1. The molecular weight excluding hydrogens is 382 g/mol. The molecule has 2 N–H and O–H groups in total. The van der Waals surface area contributed by atoms with Gasteiger partial charge in [0.25, 0.3) is 0 Å². The highest BCUT2D eigenvalue weighted by Gasteiger charge is 2.30. The highest BCUT2D eigenvalue weighted by molar-refractivity contribution is 7.89. The first-order chi connectivity index (χ1) is 13.2. The van der Waals surface area contributed by atoms with Crippen LogP contribution < -0.4 is 15.4 Å². The molecule has 0 aromatic heterocycles. The van der Waals surface area contributed by atoms with Crippen molar-refractivity contribution in [3.63, 3.8) is 0 Å². The summed E-state index contributed by atoms with van der Waals surface area (Å²) in [7, 11) is -2.32. The zero-order chi connectivity index (χ0) is 20.9. The van der Waals surface area contributed by atoms with Crippen molar-refractivity contribution in [2.45, 2.75) is 51.0 Å². The van der Waals surface area contributed by atoms with Gasteiger partial charge in [-0.3, -0.25) is 9.59 Å². The average molecular weight is 412 g/mol. The minimum absolute atomic E-state index is 0.0234. The van der Waals surface area contributed by atoms with Crippen LogP contribution in [-0.2, 0) is 19.6 Å². The first-order valence-corrected chi connectivity index (χ1v) is 10.9. The Kier molecular flexibility index (Phi) is 7.42. The number of ether oxygens (including phenoxy) is 1. The predicted octanol–water partition coefficient (Wildman–Crippen LogP) is 1.97. The molecule has 0 radical (unpaired) electrons. The van der Waals surface area contributed by atoms with E-state index in [0.717, 1.165) is 19.3 Å². The number of carbonyl (C=O) groups excluding carboxylic acids is 2. The third-order valence-electron chi connectivity index (χ3n) is 4.67. The van der Waals surface area contributed by atoms with Crippen molar-refractivity contribution < 1.29 is 22.7 Å². The Bertz CT molecular complexity index is 817. The molecular formula is C19H29N3O5S. The summed E-state index contributed by atoms with van der Waals surface area (Å²) in [5.74, 6) is -0.613. The number of hydrogen-bond donors (Lipinski definition) is 2. The normalized spacial score (nSPS) is 16.5. The van der Waals surface area contributed by atoms with E-state index < -0.39 is 22.0 Å². The number of hydrogen-bond acceptors (Lipinski definition) is 5. The molecule has 0 spiro atoms. The molecule has 0 saturated carbocycles. The molecule has 1 saturated heterocycles. The number of nitrogens with one attached hydrogen (secondary N) is 2. The van der Waals surface area contributed by atoms with Crippen LogP contribution in [0.25, 0.3) is 0 Å². The van der Waals surface area contributed by atoms with Gasteiger partial charge < -0.3 is 15.4 Å². The molecule has 8 nitrogen and oxygen atoms in total. The zero-order valence-electron chi connectivity index (χ0n) is 16.8. The topological polar surface area (TPSA) is 105 Å². The van der Waals surface area contributed by atoms with Crippen molar-refractivity contribution in [3.8, 4) is 5.75 Å². The van der Waals surface area contributed by atoms with Crippen LogP contribution in [0.5, 0.6) is 5.75 Å². The number of methoxy groups -OCH3 is 1. The zero-order valence-corrected chi connectivity index (χ0v) is 17.6. The van der Waals surface area contributed by atoms with Crippen LogP contribution in [0, 0.1) is 5.92 Å². The summed E-state index contributed by atoms with van der Waals surface area (Å²) in [5, 5.41) is 5.32. The molecule has 28 heavy (non-hydrogen) atoms. The van der Waals surface area contributed by atoms with Crippen LogP contribution in [0.1, 0.15) is 40.0 Å². The fourth-order valence-electron chi connectivity index (χ4n) is 3.17. The van der Waals surface area contributed by atoms with Crippen LogP contribution in [0.3, 0.4) is 0 Å². The molecule has 2 rings (SSSR count). The lowest BCUT2D eigenvalue weighted by atomic mass is 10.0. The summed E-state index contributed by atoms with van der Waals surface area (Å²) in [6.07, 6.45) is 2.66. The first-order valence-electron chi connectivity index (χ1n) is 9.43. The monoisotopic (exact) mass is 411 g/mol. The molecule has 0 bridgehead atoms. The number of amides is 2. The van der Waals surface area contributed by atoms with Gasteiger partial charge in [0, 0.05) is 25.7 Å². The fraction of sp³-hybridized carbons (Fsp3) is 0.579. The average Bonchev–Trinajstić information content (AvgIpc) is 2.66. The van der Waals surface area contributed by atoms with Gasteiger partial charge in [-0.2, -0.15) is 4.31 Å². The van der Waals surface area contributed by atoms with E-state index in [1.54, 1.807) is 6.07 Å². The Morgan fingerprint density at radius 2 is 1.79 bits per heavy atom. The van der Waals surface area contributed by atoms with Gasteiger partial charge >= 0.3 is 0 Å². The number of rotatable bonds is 7. The summed E-state index contributed by atoms with van der Waals surface area (Å²) >= 11 is 0. The molecule has 0 unspecified atom stereocenters. The lowest BCUT2D eigenvalue weighted by Gasteiger charge is -2.27. The highest BCUT2D eigenvalue weighted by atomic mass is 32.2. The largest absolute Gasteiger partial charge is 0.495 e. The van der Waals surface area contributed by atoms with Gasteiger partial charge in [0.2, 0.25) is 21.8 Å². The molecule has 156 valence electrons. The Balaban J connectivity index is 2.31. The Labute approximate surface area is 166 Å². The van der Waals surface area contributed by atoms with Crippen molar-refractivity contribution in [3.05, 3.63) is 18.2 Å². The van der Waals surface area contributed by atoms with E-state index in [9.17, 15) is 18.0 Å². The Hall–Kier alpha value is -2.13. The number of benzene rings is 1. The summed E-state index contributed by atoms with van der Waals surface area (Å²) in [4.78, 5) is 24.0. The van der Waals surface area contributed by atoms with Gasteiger partial charge in [0.1, 0.15) is 16.7 Å². The summed E-state index contributed by atoms with van der Waals surface area (Å²) < 4.78 is 32.8. The van der Waals surface area contributed by atoms with Crippen LogP contribution in [-0.4, -0.2) is 50.8 Å². The van der Waals surface area contributed by atoms with Gasteiger partial charge in [-0.1, -0.05) is 20.3 Å². The Morgan fingerprint density at radius 1 is 1.14 bits per heavy atom. The van der Waals surface area contributed by atoms with E-state index >= 15 is 0 Å². The molecule has 1 aromatic carbocycles. The second-order valence-electron chi connectivity index (χ2n) is 7.24. The first kappa shape index (κ1) is 22.2. The van der Waals surface area contributed by atoms with Gasteiger partial charge in [-0.15, -0.1) is 0 Å². The van der Waals surface area contributed by atoms with Gasteiger partial charge in [0.15, 0.2) is 0 Å². The number of carbonyl (C=O) groups is 2. The second kappa shape index (κ2) is 9.38.